The monoisotopic (exact) mass is 403 g/mol. The molecule has 0 radical (unpaired) electrons. The van der Waals surface area contributed by atoms with Gasteiger partial charge in [-0.1, -0.05) is 25.5 Å². The molecule has 0 aliphatic heterocycles. The van der Waals surface area contributed by atoms with E-state index in [0.717, 1.165) is 41.6 Å². The third-order valence-electron chi connectivity index (χ3n) is 4.24. The van der Waals surface area contributed by atoms with Gasteiger partial charge >= 0.3 is 5.76 Å². The maximum Gasteiger partial charge on any atom is 0.442 e. The predicted octanol–water partition coefficient (Wildman–Crippen LogP) is 3.12. The fraction of sp³-hybridized carbons (Fsp3) is 0.250. The number of ether oxygens (including phenoxy) is 1. The van der Waals surface area contributed by atoms with Crippen LogP contribution in [-0.4, -0.2) is 15.7 Å². The van der Waals surface area contributed by atoms with Gasteiger partial charge in [0.25, 0.3) is 11.8 Å². The van der Waals surface area contributed by atoms with Crippen LogP contribution in [0.1, 0.15) is 41.6 Å². The van der Waals surface area contributed by atoms with E-state index in [1.165, 1.54) is 0 Å². The second-order valence-corrected chi connectivity index (χ2v) is 6.33. The molecule has 29 heavy (non-hydrogen) atoms. The van der Waals surface area contributed by atoms with Crippen molar-refractivity contribution in [2.75, 3.05) is 0 Å². The van der Waals surface area contributed by atoms with Crippen LogP contribution in [0.3, 0.4) is 0 Å². The Balaban J connectivity index is 1.75. The average Bonchev–Trinajstić information content (AvgIpc) is 3.06. The number of rotatable bonds is 8. The van der Waals surface area contributed by atoms with Crippen LogP contribution in [-0.2, 0) is 13.0 Å². The van der Waals surface area contributed by atoms with Crippen LogP contribution >= 0.6 is 0 Å². The van der Waals surface area contributed by atoms with Gasteiger partial charge in [-0.2, -0.15) is 4.68 Å². The van der Waals surface area contributed by atoms with Crippen molar-refractivity contribution in [2.45, 2.75) is 32.8 Å². The third-order valence-corrected chi connectivity index (χ3v) is 4.24. The number of carbonyl (C=O) groups is 1. The number of aromatic nitrogens is 2. The summed E-state index contributed by atoms with van der Waals surface area (Å²) in [5, 5.41) is 4.02. The highest BCUT2D eigenvalue weighted by atomic mass is 19.1. The highest BCUT2D eigenvalue weighted by molar-refractivity contribution is 5.93. The zero-order valence-electron chi connectivity index (χ0n) is 15.7. The maximum absolute atomic E-state index is 14.2. The van der Waals surface area contributed by atoms with Crippen LogP contribution in [0.25, 0.3) is 5.69 Å². The van der Waals surface area contributed by atoms with Crippen LogP contribution in [0.4, 0.5) is 8.78 Å². The van der Waals surface area contributed by atoms with Crippen LogP contribution < -0.4 is 16.2 Å². The highest BCUT2D eigenvalue weighted by Crippen LogP contribution is 2.23. The standard InChI is InChI=1S/C20H19F2N3O4/c1-2-3-4-12-5-7-13(8-6-12)25-20(27)29-16(24-25)11-28-15-10-9-14(21)17(18(15)22)19(23)26/h5-10H,2-4,11H2,1H3,(H2,23,26). The minimum atomic E-state index is -1.26. The predicted molar refractivity (Wildman–Crippen MR) is 99.9 cm³/mol. The van der Waals surface area contributed by atoms with Gasteiger partial charge in [-0.3, -0.25) is 4.79 Å². The molecule has 2 N–H and O–H groups in total. The number of benzene rings is 2. The van der Waals surface area contributed by atoms with Crippen molar-refractivity contribution in [1.29, 1.82) is 0 Å². The smallest absolute Gasteiger partial charge is 0.442 e. The number of nitrogens with two attached hydrogens (primary N) is 1. The van der Waals surface area contributed by atoms with Crippen LogP contribution in [0.15, 0.2) is 45.6 Å². The molecule has 0 bridgehead atoms. The number of nitrogens with zero attached hydrogens (tertiary/aromatic N) is 2. The number of halogens is 2. The molecule has 0 fully saturated rings. The van der Waals surface area contributed by atoms with E-state index in [1.807, 2.05) is 12.1 Å². The number of hydrogen-bond acceptors (Lipinski definition) is 5. The molecule has 0 atom stereocenters. The van der Waals surface area contributed by atoms with Crippen molar-refractivity contribution in [3.63, 3.8) is 0 Å². The van der Waals surface area contributed by atoms with Gasteiger partial charge in [0.05, 0.1) is 5.69 Å². The molecule has 0 saturated carbocycles. The maximum atomic E-state index is 14.2. The first kappa shape index (κ1) is 20.2. The Morgan fingerprint density at radius 2 is 1.93 bits per heavy atom. The van der Waals surface area contributed by atoms with Gasteiger partial charge < -0.3 is 14.9 Å². The summed E-state index contributed by atoms with van der Waals surface area (Å²) in [4.78, 5) is 23.2. The Morgan fingerprint density at radius 3 is 2.59 bits per heavy atom. The van der Waals surface area contributed by atoms with E-state index in [2.05, 4.69) is 12.0 Å². The highest BCUT2D eigenvalue weighted by Gasteiger charge is 2.20. The van der Waals surface area contributed by atoms with Crippen LogP contribution in [0.2, 0.25) is 0 Å². The lowest BCUT2D eigenvalue weighted by atomic mass is 10.1. The van der Waals surface area contributed by atoms with Crippen molar-refractivity contribution in [3.05, 3.63) is 75.6 Å². The van der Waals surface area contributed by atoms with E-state index in [-0.39, 0.29) is 5.89 Å². The lowest BCUT2D eigenvalue weighted by molar-refractivity contribution is 0.0991. The fourth-order valence-electron chi connectivity index (χ4n) is 2.73. The van der Waals surface area contributed by atoms with Gasteiger partial charge in [-0.15, -0.1) is 5.10 Å². The van der Waals surface area contributed by atoms with Gasteiger partial charge in [0, 0.05) is 0 Å². The molecule has 7 nitrogen and oxygen atoms in total. The Labute approximate surface area is 164 Å². The first-order valence-corrected chi connectivity index (χ1v) is 8.99. The molecular weight excluding hydrogens is 384 g/mol. The average molecular weight is 403 g/mol. The number of amides is 1. The molecule has 0 unspecified atom stereocenters. The molecular formula is C20H19F2N3O4. The minimum Gasteiger partial charge on any atom is -0.481 e. The van der Waals surface area contributed by atoms with Gasteiger partial charge in [-0.05, 0) is 42.7 Å². The molecule has 3 rings (SSSR count). The summed E-state index contributed by atoms with van der Waals surface area (Å²) in [7, 11) is 0. The molecule has 0 aliphatic carbocycles. The molecule has 2 aromatic carbocycles. The summed E-state index contributed by atoms with van der Waals surface area (Å²) in [6.45, 7) is 1.71. The Hall–Kier alpha value is -3.49. The van der Waals surface area contributed by atoms with Crippen LogP contribution in [0, 0.1) is 11.6 Å². The zero-order chi connectivity index (χ0) is 21.0. The second kappa shape index (κ2) is 8.68. The molecule has 1 heterocycles. The summed E-state index contributed by atoms with van der Waals surface area (Å²) in [5.74, 6) is -4.86. The van der Waals surface area contributed by atoms with E-state index < -0.39 is 41.2 Å². The first-order chi connectivity index (χ1) is 13.9. The van der Waals surface area contributed by atoms with Gasteiger partial charge in [0.15, 0.2) is 18.2 Å². The van der Waals surface area contributed by atoms with Crippen molar-refractivity contribution in [2.24, 2.45) is 5.73 Å². The van der Waals surface area contributed by atoms with Crippen LogP contribution in [0.5, 0.6) is 5.75 Å². The normalized spacial score (nSPS) is 10.9. The molecule has 0 aliphatic rings. The van der Waals surface area contributed by atoms with E-state index in [0.29, 0.717) is 5.69 Å². The van der Waals surface area contributed by atoms with Gasteiger partial charge in [0.1, 0.15) is 11.4 Å². The van der Waals surface area contributed by atoms with E-state index in [4.69, 9.17) is 14.9 Å². The number of primary amides is 1. The number of hydrogen-bond donors (Lipinski definition) is 1. The first-order valence-electron chi connectivity index (χ1n) is 8.99. The van der Waals surface area contributed by atoms with Crippen molar-refractivity contribution >= 4 is 5.91 Å². The minimum absolute atomic E-state index is 0.116. The third kappa shape index (κ3) is 4.50. The molecule has 0 saturated heterocycles. The molecule has 3 aromatic rings. The Bertz CT molecular complexity index is 1070. The number of carbonyl (C=O) groups excluding carboxylic acids is 1. The van der Waals surface area contributed by atoms with E-state index in [1.54, 1.807) is 12.1 Å². The summed E-state index contributed by atoms with van der Waals surface area (Å²) < 4.78 is 38.9. The van der Waals surface area contributed by atoms with Gasteiger partial charge in [-0.25, -0.2) is 13.6 Å². The summed E-state index contributed by atoms with van der Waals surface area (Å²) >= 11 is 0. The SMILES string of the molecule is CCCCc1ccc(-n2nc(COc3ccc(F)c(C(N)=O)c3F)oc2=O)cc1. The largest absolute Gasteiger partial charge is 0.481 e. The second-order valence-electron chi connectivity index (χ2n) is 6.33. The Kier molecular flexibility index (Phi) is 6.06. The quantitative estimate of drug-likeness (QED) is 0.623. The fourth-order valence-corrected chi connectivity index (χ4v) is 2.73. The van der Waals surface area contributed by atoms with Crippen molar-refractivity contribution in [3.8, 4) is 11.4 Å². The van der Waals surface area contributed by atoms with Gasteiger partial charge in [0.2, 0.25) is 0 Å². The zero-order valence-corrected chi connectivity index (χ0v) is 15.7. The number of aryl methyl sites for hydroxylation is 1. The molecule has 1 amide bonds. The summed E-state index contributed by atoms with van der Waals surface area (Å²) in [6.07, 6.45) is 3.10. The number of unbranched alkanes of at least 4 members (excludes halogenated alkanes) is 1. The lowest BCUT2D eigenvalue weighted by Gasteiger charge is -2.07. The lowest BCUT2D eigenvalue weighted by Crippen LogP contribution is -2.16. The van der Waals surface area contributed by atoms with Crippen molar-refractivity contribution in [1.82, 2.24) is 9.78 Å². The molecule has 1 aromatic heterocycles. The van der Waals surface area contributed by atoms with Crippen molar-refractivity contribution < 1.29 is 22.7 Å². The topological polar surface area (TPSA) is 100 Å². The van der Waals surface area contributed by atoms with E-state index >= 15 is 0 Å². The Morgan fingerprint density at radius 1 is 1.21 bits per heavy atom. The van der Waals surface area contributed by atoms with E-state index in [9.17, 15) is 18.4 Å². The molecule has 152 valence electrons. The summed E-state index contributed by atoms with van der Waals surface area (Å²) in [5.41, 5.74) is 5.72. The molecule has 0 spiro atoms. The summed E-state index contributed by atoms with van der Waals surface area (Å²) in [6, 6.07) is 9.16. The molecule has 9 heteroatoms.